The second kappa shape index (κ2) is 8.89. The van der Waals surface area contributed by atoms with Gasteiger partial charge in [-0.1, -0.05) is 6.07 Å². The molecule has 0 bridgehead atoms. The molecule has 0 unspecified atom stereocenters. The van der Waals surface area contributed by atoms with Gasteiger partial charge >= 0.3 is 6.09 Å². The van der Waals surface area contributed by atoms with Gasteiger partial charge in [0.05, 0.1) is 10.5 Å². The number of pyridine rings is 1. The van der Waals surface area contributed by atoms with E-state index in [4.69, 9.17) is 4.74 Å². The number of halogens is 3. The van der Waals surface area contributed by atoms with Crippen LogP contribution in [0.5, 0.6) is 0 Å². The number of carbonyl (C=O) groups is 1. The molecule has 2 aromatic heterocycles. The number of rotatable bonds is 5. The SMILES string of the molecule is CN(C(=O)OCc1cn(S(=O)(=O)c2cccc(F)c2)c(-c2cccnc2F)c1F)C(C)(C)C. The van der Waals surface area contributed by atoms with Crippen LogP contribution >= 0.6 is 0 Å². The summed E-state index contributed by atoms with van der Waals surface area (Å²) in [6.45, 7) is 4.67. The predicted octanol–water partition coefficient (Wildman–Crippen LogP) is 4.57. The van der Waals surface area contributed by atoms with Crippen LogP contribution in [0.15, 0.2) is 53.7 Å². The molecule has 0 fully saturated rings. The lowest BCUT2D eigenvalue weighted by molar-refractivity contribution is 0.0753. The van der Waals surface area contributed by atoms with Gasteiger partial charge in [0.2, 0.25) is 5.95 Å². The lowest BCUT2D eigenvalue weighted by Gasteiger charge is -2.30. The average molecular weight is 481 g/mol. The maximum Gasteiger partial charge on any atom is 0.410 e. The fourth-order valence-corrected chi connectivity index (χ4v) is 4.28. The van der Waals surface area contributed by atoms with Gasteiger partial charge < -0.3 is 9.64 Å². The molecule has 0 saturated carbocycles. The van der Waals surface area contributed by atoms with Crippen molar-refractivity contribution >= 4 is 16.1 Å². The van der Waals surface area contributed by atoms with Crippen molar-refractivity contribution in [2.24, 2.45) is 0 Å². The number of hydrogen-bond donors (Lipinski definition) is 0. The largest absolute Gasteiger partial charge is 0.444 e. The lowest BCUT2D eigenvalue weighted by Crippen LogP contribution is -2.42. The van der Waals surface area contributed by atoms with Gasteiger partial charge in [-0.25, -0.2) is 30.9 Å². The van der Waals surface area contributed by atoms with E-state index in [1.54, 1.807) is 20.8 Å². The Balaban J connectivity index is 2.11. The maximum absolute atomic E-state index is 15.4. The van der Waals surface area contributed by atoms with Crippen LogP contribution in [0, 0.1) is 17.6 Å². The van der Waals surface area contributed by atoms with Crippen molar-refractivity contribution in [2.45, 2.75) is 37.8 Å². The van der Waals surface area contributed by atoms with Crippen molar-refractivity contribution < 1.29 is 31.1 Å². The van der Waals surface area contributed by atoms with E-state index < -0.39 is 62.0 Å². The molecule has 0 N–H and O–H groups in total. The first kappa shape index (κ1) is 24.3. The molecule has 1 aromatic carbocycles. The Morgan fingerprint density at radius 2 is 1.85 bits per heavy atom. The van der Waals surface area contributed by atoms with Crippen molar-refractivity contribution in [3.8, 4) is 11.3 Å². The van der Waals surface area contributed by atoms with Crippen LogP contribution in [0.3, 0.4) is 0 Å². The zero-order valence-electron chi connectivity index (χ0n) is 18.3. The van der Waals surface area contributed by atoms with Crippen LogP contribution in [0.1, 0.15) is 26.3 Å². The Hall–Kier alpha value is -3.34. The molecule has 0 spiro atoms. The number of hydrogen-bond acceptors (Lipinski definition) is 5. The maximum atomic E-state index is 15.4. The molecule has 2 heterocycles. The van der Waals surface area contributed by atoms with E-state index in [-0.39, 0.29) is 5.56 Å². The molecule has 33 heavy (non-hydrogen) atoms. The van der Waals surface area contributed by atoms with Gasteiger partial charge in [0.15, 0.2) is 5.82 Å². The van der Waals surface area contributed by atoms with Gasteiger partial charge in [-0.2, -0.15) is 4.39 Å². The first-order chi connectivity index (χ1) is 15.3. The van der Waals surface area contributed by atoms with Crippen LogP contribution in [-0.4, -0.2) is 41.0 Å². The number of carbonyl (C=O) groups excluding carboxylic acids is 1. The number of nitrogens with zero attached hydrogens (tertiary/aromatic N) is 3. The van der Waals surface area contributed by atoms with Crippen LogP contribution in [-0.2, 0) is 21.4 Å². The van der Waals surface area contributed by atoms with Crippen LogP contribution in [0.25, 0.3) is 11.3 Å². The molecule has 3 aromatic rings. The minimum absolute atomic E-state index is 0.316. The molecule has 0 saturated heterocycles. The summed E-state index contributed by atoms with van der Waals surface area (Å²) in [5.74, 6) is -3.05. The second-order valence-corrected chi connectivity index (χ2v) is 10.0. The van der Waals surface area contributed by atoms with Crippen molar-refractivity contribution in [3.05, 3.63) is 71.9 Å². The fourth-order valence-electron chi connectivity index (χ4n) is 2.85. The smallest absolute Gasteiger partial charge is 0.410 e. The molecule has 0 aliphatic heterocycles. The van der Waals surface area contributed by atoms with E-state index in [0.717, 1.165) is 36.7 Å². The average Bonchev–Trinajstić information content (AvgIpc) is 3.08. The summed E-state index contributed by atoms with van der Waals surface area (Å²) in [4.78, 5) is 16.5. The Morgan fingerprint density at radius 3 is 2.45 bits per heavy atom. The van der Waals surface area contributed by atoms with E-state index in [9.17, 15) is 22.0 Å². The van der Waals surface area contributed by atoms with Gasteiger partial charge in [0.1, 0.15) is 18.1 Å². The molecule has 0 atom stereocenters. The third-order valence-electron chi connectivity index (χ3n) is 4.98. The summed E-state index contributed by atoms with van der Waals surface area (Å²) in [6.07, 6.45) is 1.23. The van der Waals surface area contributed by atoms with E-state index in [2.05, 4.69) is 4.98 Å². The number of aromatic nitrogens is 2. The van der Waals surface area contributed by atoms with Crippen molar-refractivity contribution in [1.29, 1.82) is 0 Å². The molecule has 1 amide bonds. The minimum Gasteiger partial charge on any atom is -0.444 e. The molecule has 0 aliphatic rings. The zero-order valence-corrected chi connectivity index (χ0v) is 19.2. The lowest BCUT2D eigenvalue weighted by atomic mass is 10.1. The van der Waals surface area contributed by atoms with Crippen molar-refractivity contribution in [3.63, 3.8) is 0 Å². The normalized spacial score (nSPS) is 12.0. The van der Waals surface area contributed by atoms with Gasteiger partial charge in [0.25, 0.3) is 10.0 Å². The third kappa shape index (κ3) is 4.87. The number of amides is 1. The summed E-state index contributed by atoms with van der Waals surface area (Å²) in [6, 6.07) is 6.57. The van der Waals surface area contributed by atoms with Gasteiger partial charge in [-0.15, -0.1) is 0 Å². The highest BCUT2D eigenvalue weighted by atomic mass is 32.2. The van der Waals surface area contributed by atoms with Gasteiger partial charge in [-0.05, 0) is 51.1 Å². The van der Waals surface area contributed by atoms with E-state index >= 15 is 4.39 Å². The minimum atomic E-state index is -4.55. The Labute approximate surface area is 189 Å². The summed E-state index contributed by atoms with van der Waals surface area (Å²) in [5.41, 5.74) is -1.98. The predicted molar refractivity (Wildman–Crippen MR) is 114 cm³/mol. The zero-order chi connectivity index (χ0) is 24.6. The topological polar surface area (TPSA) is 81.5 Å². The van der Waals surface area contributed by atoms with Crippen LogP contribution < -0.4 is 0 Å². The Bertz CT molecular complexity index is 1300. The highest BCUT2D eigenvalue weighted by Gasteiger charge is 2.30. The van der Waals surface area contributed by atoms with E-state index in [1.165, 1.54) is 24.1 Å². The second-order valence-electron chi connectivity index (χ2n) is 8.20. The number of ether oxygens (including phenoxy) is 1. The standard InChI is InChI=1S/C22H22F3N3O4S/c1-22(2,3)27(4)21(29)32-13-14-12-28(33(30,31)16-8-5-7-15(23)11-16)19(18(14)24)17-9-6-10-26-20(17)25/h5-12H,13H2,1-4H3. The quantitative estimate of drug-likeness (QED) is 0.499. The molecule has 176 valence electrons. The van der Waals surface area contributed by atoms with Gasteiger partial charge in [0, 0.05) is 30.5 Å². The highest BCUT2D eigenvalue weighted by molar-refractivity contribution is 7.90. The molecule has 7 nitrogen and oxygen atoms in total. The van der Waals surface area contributed by atoms with E-state index in [0.29, 0.717) is 3.97 Å². The Morgan fingerprint density at radius 1 is 1.15 bits per heavy atom. The molecular weight excluding hydrogens is 459 g/mol. The molecule has 0 aliphatic carbocycles. The van der Waals surface area contributed by atoms with Crippen molar-refractivity contribution in [1.82, 2.24) is 13.9 Å². The Kier molecular flexibility index (Phi) is 6.55. The van der Waals surface area contributed by atoms with Gasteiger partial charge in [-0.3, -0.25) is 0 Å². The fraction of sp³-hybridized carbons (Fsp3) is 0.273. The first-order valence-electron chi connectivity index (χ1n) is 9.76. The van der Waals surface area contributed by atoms with Crippen LogP contribution in [0.2, 0.25) is 0 Å². The molecule has 11 heteroatoms. The highest BCUT2D eigenvalue weighted by Crippen LogP contribution is 2.32. The summed E-state index contributed by atoms with van der Waals surface area (Å²) >= 11 is 0. The molecule has 0 radical (unpaired) electrons. The van der Waals surface area contributed by atoms with Crippen molar-refractivity contribution in [2.75, 3.05) is 7.05 Å². The monoisotopic (exact) mass is 481 g/mol. The molecule has 3 rings (SSSR count). The third-order valence-corrected chi connectivity index (χ3v) is 6.64. The summed E-state index contributed by atoms with van der Waals surface area (Å²) in [5, 5.41) is 0. The summed E-state index contributed by atoms with van der Waals surface area (Å²) in [7, 11) is -3.05. The van der Waals surface area contributed by atoms with E-state index in [1.807, 2.05) is 0 Å². The number of benzene rings is 1. The van der Waals surface area contributed by atoms with Crippen LogP contribution in [0.4, 0.5) is 18.0 Å². The molecular formula is C22H22F3N3O4S. The summed E-state index contributed by atoms with van der Waals surface area (Å²) < 4.78 is 75.6. The first-order valence-corrected chi connectivity index (χ1v) is 11.2.